The smallest absolute Gasteiger partial charge is 0.160 e. The van der Waals surface area contributed by atoms with Crippen molar-refractivity contribution in [1.82, 2.24) is 0 Å². The van der Waals surface area contributed by atoms with Crippen LogP contribution in [-0.2, 0) is 0 Å². The third kappa shape index (κ3) is 10.9. The summed E-state index contributed by atoms with van der Waals surface area (Å²) in [6.07, 6.45) is 0. The molecule has 0 aromatic heterocycles. The second kappa shape index (κ2) is 5.38. The zero-order valence-corrected chi connectivity index (χ0v) is 9.15. The van der Waals surface area contributed by atoms with Gasteiger partial charge >= 0.3 is 16.5 Å². The maximum absolute atomic E-state index is 11.7. The van der Waals surface area contributed by atoms with Gasteiger partial charge in [0.15, 0.2) is 0 Å². The lowest BCUT2D eigenvalue weighted by Crippen LogP contribution is -2.16. The van der Waals surface area contributed by atoms with Crippen LogP contribution in [-0.4, -0.2) is 20.4 Å². The summed E-state index contributed by atoms with van der Waals surface area (Å²) in [7, 11) is 0. The lowest BCUT2D eigenvalue weighted by atomic mass is 11.5. The van der Waals surface area contributed by atoms with Gasteiger partial charge in [0.05, 0.1) is 0 Å². The maximum Gasteiger partial charge on any atom is 0.443 e. The summed E-state index contributed by atoms with van der Waals surface area (Å²) < 4.78 is 102. The minimum absolute atomic E-state index is 1.36. The maximum atomic E-state index is 11.7. The van der Waals surface area contributed by atoms with Gasteiger partial charge < -0.3 is 0 Å². The van der Waals surface area contributed by atoms with Gasteiger partial charge in [-0.05, 0) is 35.3 Å². The Balaban J connectivity index is 4.53. The van der Waals surface area contributed by atoms with Crippen molar-refractivity contribution in [2.24, 2.45) is 0 Å². The van der Waals surface area contributed by atoms with Crippen LogP contribution < -0.4 is 0 Å². The normalized spacial score (nSPS) is 14.6. The van der Waals surface area contributed by atoms with E-state index in [9.17, 15) is 39.5 Å². The fourth-order valence-corrected chi connectivity index (χ4v) is 3.60. The Morgan fingerprint density at radius 3 is 0.812 bits per heavy atom. The predicted molar refractivity (Wildman–Crippen MR) is 44.7 cm³/mol. The van der Waals surface area contributed by atoms with Crippen molar-refractivity contribution in [2.75, 3.05) is 0 Å². The molecule has 0 unspecified atom stereocenters. The topological polar surface area (TPSA) is 0 Å². The van der Waals surface area contributed by atoms with Crippen molar-refractivity contribution in [2.45, 2.75) is 20.4 Å². The van der Waals surface area contributed by atoms with E-state index in [1.54, 1.807) is 0 Å². The van der Waals surface area contributed by atoms with E-state index in [4.69, 9.17) is 0 Å². The first kappa shape index (κ1) is 16.4. The molecule has 0 N–H and O–H groups in total. The van der Waals surface area contributed by atoms with Gasteiger partial charge in [-0.25, -0.2) is 0 Å². The molecular weight excluding hydrogens is 315 g/mol. The number of hydrogen-bond donors (Lipinski definition) is 0. The van der Waals surface area contributed by atoms with E-state index >= 15 is 0 Å². The van der Waals surface area contributed by atoms with Crippen LogP contribution >= 0.6 is 35.3 Å². The second-order valence-electron chi connectivity index (χ2n) is 1.98. The van der Waals surface area contributed by atoms with E-state index in [1.807, 2.05) is 0 Å². The van der Waals surface area contributed by atoms with E-state index < -0.39 is 55.7 Å². The quantitative estimate of drug-likeness (QED) is 0.529. The summed E-state index contributed by atoms with van der Waals surface area (Å²) in [6, 6.07) is 0. The van der Waals surface area contributed by atoms with Crippen LogP contribution in [0, 0.1) is 0 Å². The number of hydrogen-bond acceptors (Lipinski definition) is 3. The SMILES string of the molecule is FC(F)(F)SC(SC(F)(F)F)SC(F)(F)F. The first-order chi connectivity index (χ1) is 6.79. The van der Waals surface area contributed by atoms with Crippen LogP contribution in [0.3, 0.4) is 0 Å². The van der Waals surface area contributed by atoms with Crippen LogP contribution in [0.5, 0.6) is 0 Å². The fourth-order valence-electron chi connectivity index (χ4n) is 0.399. The van der Waals surface area contributed by atoms with Crippen molar-refractivity contribution in [3.05, 3.63) is 0 Å². The van der Waals surface area contributed by atoms with Gasteiger partial charge in [0.1, 0.15) is 3.91 Å². The minimum atomic E-state index is -5.17. The average molecular weight is 316 g/mol. The molecule has 0 nitrogen and oxygen atoms in total. The molecule has 0 aliphatic heterocycles. The Morgan fingerprint density at radius 1 is 0.500 bits per heavy atom. The molecule has 0 heterocycles. The van der Waals surface area contributed by atoms with Crippen LogP contribution in [0.25, 0.3) is 0 Å². The molecule has 0 radical (unpaired) electrons. The van der Waals surface area contributed by atoms with Gasteiger partial charge in [0.25, 0.3) is 0 Å². The van der Waals surface area contributed by atoms with Gasteiger partial charge in [0.2, 0.25) is 0 Å². The highest BCUT2D eigenvalue weighted by atomic mass is 32.3. The highest BCUT2D eigenvalue weighted by molar-refractivity contribution is 8.32. The summed E-state index contributed by atoms with van der Waals surface area (Å²) in [5.41, 5.74) is -15.5. The van der Waals surface area contributed by atoms with Gasteiger partial charge in [-0.3, -0.25) is 0 Å². The Hall–Kier alpha value is 0.420. The second-order valence-corrected chi connectivity index (χ2v) is 6.38. The number of thioether (sulfide) groups is 3. The Labute approximate surface area is 95.7 Å². The summed E-state index contributed by atoms with van der Waals surface area (Å²) in [4.78, 5) is 0. The van der Waals surface area contributed by atoms with E-state index in [1.165, 1.54) is 0 Å². The Bertz CT molecular complexity index is 176. The molecular formula is C4HF9S3. The van der Waals surface area contributed by atoms with E-state index in [0.717, 1.165) is 0 Å². The summed E-state index contributed by atoms with van der Waals surface area (Å²) in [5, 5.41) is 0. The van der Waals surface area contributed by atoms with Gasteiger partial charge in [-0.1, -0.05) is 0 Å². The Kier molecular flexibility index (Phi) is 5.52. The largest absolute Gasteiger partial charge is 0.443 e. The lowest BCUT2D eigenvalue weighted by molar-refractivity contribution is -0.0351. The third-order valence-corrected chi connectivity index (χ3v) is 3.80. The molecule has 0 rings (SSSR count). The highest BCUT2D eigenvalue weighted by Crippen LogP contribution is 2.53. The van der Waals surface area contributed by atoms with Crippen LogP contribution in [0.1, 0.15) is 0 Å². The molecule has 0 atom stereocenters. The molecule has 98 valence electrons. The third-order valence-electron chi connectivity index (χ3n) is 0.690. The molecule has 0 spiro atoms. The van der Waals surface area contributed by atoms with Gasteiger partial charge in [-0.15, -0.1) is 0 Å². The molecule has 0 amide bonds. The summed E-state index contributed by atoms with van der Waals surface area (Å²) >= 11 is -4.08. The van der Waals surface area contributed by atoms with E-state index in [-0.39, 0.29) is 0 Å². The zero-order chi connectivity index (χ0) is 13.2. The zero-order valence-electron chi connectivity index (χ0n) is 6.70. The average Bonchev–Trinajstić information content (AvgIpc) is 1.70. The number of halogens is 9. The van der Waals surface area contributed by atoms with E-state index in [0.29, 0.717) is 0 Å². The molecule has 12 heteroatoms. The molecule has 0 aliphatic carbocycles. The molecule has 0 aromatic rings. The van der Waals surface area contributed by atoms with Crippen molar-refractivity contribution in [1.29, 1.82) is 0 Å². The number of rotatable bonds is 3. The molecule has 0 fully saturated rings. The van der Waals surface area contributed by atoms with Crippen molar-refractivity contribution >= 4 is 35.3 Å². The summed E-state index contributed by atoms with van der Waals surface area (Å²) in [6.45, 7) is 0. The van der Waals surface area contributed by atoms with Crippen LogP contribution in [0.15, 0.2) is 0 Å². The minimum Gasteiger partial charge on any atom is -0.160 e. The highest BCUT2D eigenvalue weighted by Gasteiger charge is 2.45. The molecule has 0 aromatic carbocycles. The first-order valence-corrected chi connectivity index (χ1v) is 5.66. The van der Waals surface area contributed by atoms with Crippen LogP contribution in [0.2, 0.25) is 0 Å². The molecule has 16 heavy (non-hydrogen) atoms. The lowest BCUT2D eigenvalue weighted by Gasteiger charge is -2.19. The molecule has 0 aliphatic rings. The van der Waals surface area contributed by atoms with E-state index in [2.05, 4.69) is 0 Å². The number of alkyl halides is 9. The van der Waals surface area contributed by atoms with Crippen molar-refractivity contribution in [3.63, 3.8) is 0 Å². The Morgan fingerprint density at radius 2 is 0.688 bits per heavy atom. The standard InChI is InChI=1S/C4HF9S3/c5-2(6,7)14-1(15-3(8,9)10)16-4(11,12)13/h1H. The van der Waals surface area contributed by atoms with Gasteiger partial charge in [0, 0.05) is 0 Å². The predicted octanol–water partition coefficient (Wildman–Crippen LogP) is 5.03. The van der Waals surface area contributed by atoms with Crippen LogP contribution in [0.4, 0.5) is 39.5 Å². The summed E-state index contributed by atoms with van der Waals surface area (Å²) in [5.74, 6) is 0. The van der Waals surface area contributed by atoms with Crippen molar-refractivity contribution in [3.8, 4) is 0 Å². The molecule has 0 saturated carbocycles. The molecule has 0 saturated heterocycles. The fraction of sp³-hybridized carbons (Fsp3) is 1.00. The first-order valence-electron chi connectivity index (χ1n) is 3.02. The monoisotopic (exact) mass is 316 g/mol. The van der Waals surface area contributed by atoms with Gasteiger partial charge in [-0.2, -0.15) is 39.5 Å². The van der Waals surface area contributed by atoms with Crippen molar-refractivity contribution < 1.29 is 39.5 Å². The molecule has 0 bridgehead atoms.